The summed E-state index contributed by atoms with van der Waals surface area (Å²) in [6.07, 6.45) is 24.5. The Morgan fingerprint density at radius 2 is 0.784 bits per heavy atom. The second kappa shape index (κ2) is 40.6. The Kier molecular flexibility index (Phi) is 30.0. The summed E-state index contributed by atoms with van der Waals surface area (Å²) < 4.78 is 157. The summed E-state index contributed by atoms with van der Waals surface area (Å²) in [6.45, 7) is 17.6. The molecule has 3 saturated carbocycles. The van der Waals surface area contributed by atoms with Crippen molar-refractivity contribution in [3.63, 3.8) is 0 Å². The predicted molar refractivity (Wildman–Crippen MR) is 449 cm³/mol. The van der Waals surface area contributed by atoms with Gasteiger partial charge in [0, 0.05) is 89.8 Å². The highest BCUT2D eigenvalue weighted by Gasteiger charge is 2.39. The van der Waals surface area contributed by atoms with Crippen molar-refractivity contribution >= 4 is 84.4 Å². The number of rotatable bonds is 29. The van der Waals surface area contributed by atoms with Crippen LogP contribution >= 0.6 is 49.7 Å². The highest BCUT2D eigenvalue weighted by atomic mass is 32.1. The number of phosphoric acid groups is 2. The number of amides is 3. The van der Waals surface area contributed by atoms with E-state index in [4.69, 9.17) is 37.6 Å². The van der Waals surface area contributed by atoms with E-state index in [2.05, 4.69) is 86.1 Å². The van der Waals surface area contributed by atoms with Gasteiger partial charge in [0.15, 0.2) is 30.9 Å². The summed E-state index contributed by atoms with van der Waals surface area (Å²) in [5, 5.41) is 42.9. The van der Waals surface area contributed by atoms with Crippen molar-refractivity contribution in [2.24, 2.45) is 0 Å². The number of carbonyl (C=O) groups excluding carboxylic acids is 3. The Balaban J connectivity index is 0.000000163. The minimum absolute atomic E-state index is 0.0101. The molecule has 0 radical (unpaired) electrons. The van der Waals surface area contributed by atoms with Gasteiger partial charge in [0.05, 0.1) is 83.3 Å². The maximum absolute atomic E-state index is 14.9. The Morgan fingerprint density at radius 1 is 0.456 bits per heavy atom. The van der Waals surface area contributed by atoms with Crippen LogP contribution in [0.3, 0.4) is 0 Å². The Bertz CT molecular complexity index is 5780. The molecule has 125 heavy (non-hydrogen) atoms. The van der Waals surface area contributed by atoms with Crippen LogP contribution in [0.2, 0.25) is 0 Å². The largest absolute Gasteiger partial charge is 0.477 e. The number of H-pyrrole nitrogens is 1. The quantitative estimate of drug-likeness (QED) is 0.0144. The molecular formula is C79H91F6N21O14P2S3. The molecule has 12 aromatic rings. The zero-order valence-corrected chi connectivity index (χ0v) is 73.4. The fourth-order valence-corrected chi connectivity index (χ4v) is 18.3. The summed E-state index contributed by atoms with van der Waals surface area (Å²) in [7, 11) is -8.64. The van der Waals surface area contributed by atoms with Gasteiger partial charge in [-0.3, -0.25) is 51.6 Å². The van der Waals surface area contributed by atoms with E-state index in [1.54, 1.807) is 104 Å². The molecule has 0 aliphatic heterocycles. The van der Waals surface area contributed by atoms with Crippen molar-refractivity contribution in [1.82, 2.24) is 89.0 Å². The number of aromatic amines is 1. The zero-order valence-electron chi connectivity index (χ0n) is 69.2. The Labute approximate surface area is 724 Å². The van der Waals surface area contributed by atoms with Crippen LogP contribution < -0.4 is 16.0 Å². The first kappa shape index (κ1) is 92.4. The van der Waals surface area contributed by atoms with E-state index < -0.39 is 86.6 Å². The maximum Gasteiger partial charge on any atom is 0.477 e. The Hall–Kier alpha value is -10.3. The summed E-state index contributed by atoms with van der Waals surface area (Å²) in [5.41, 5.74) is 0.296. The molecule has 12 aromatic heterocycles. The molecule has 46 heteroatoms. The molecular weight excluding hydrogens is 1740 g/mol. The van der Waals surface area contributed by atoms with E-state index in [1.165, 1.54) is 56.0 Å². The molecule has 3 aliphatic rings. The lowest BCUT2D eigenvalue weighted by Crippen LogP contribution is -2.25. The molecule has 3 amide bonds. The fraction of sp³-hybridized carbons (Fsp3) is 0.430. The lowest BCUT2D eigenvalue weighted by molar-refractivity contribution is -0.00766. The number of aromatic nitrogens is 18. The number of hydrogen-bond acceptors (Lipinski definition) is 27. The van der Waals surface area contributed by atoms with Crippen LogP contribution in [-0.4, -0.2) is 166 Å². The molecule has 6 N–H and O–H groups in total. The van der Waals surface area contributed by atoms with Gasteiger partial charge in [-0.2, -0.15) is 43.8 Å². The molecule has 15 rings (SSSR count). The molecule has 0 unspecified atom stereocenters. The SMILES string of the molecule is CCOC1CCC(n2cc(NC(=O)c3csc(-c4cn[nH]c4)n3)c(-c3nc(F)ccc3F)n2)CC1.CCOC1CCC(n2cc(NC(=O)c3csc(-c4cnn(COP(=O)(O)O)c4)n3)c(-c3nc(F)ccc3F)n2)CC1.CCOC1CCC(n2cc(NC(=O)c3csc(-c4cnn(COP(=O)(OC(C)(C)C)OC(C)(C)C)c4)n3)c(-c3nc(F)ccc3F)n2)CC1. The molecule has 0 atom stereocenters. The van der Waals surface area contributed by atoms with Crippen LogP contribution in [0, 0.1) is 35.3 Å². The van der Waals surface area contributed by atoms with E-state index >= 15 is 0 Å². The average Bonchev–Trinajstić information content (AvgIpc) is 1.65. The van der Waals surface area contributed by atoms with Gasteiger partial charge in [-0.25, -0.2) is 61.6 Å². The first-order valence-electron chi connectivity index (χ1n) is 39.9. The molecule has 3 aliphatic carbocycles. The van der Waals surface area contributed by atoms with E-state index in [0.29, 0.717) is 46.0 Å². The van der Waals surface area contributed by atoms with E-state index in [1.807, 2.05) is 20.8 Å². The van der Waals surface area contributed by atoms with Crippen LogP contribution in [0.25, 0.3) is 65.9 Å². The molecule has 0 aromatic carbocycles. The third-order valence-electron chi connectivity index (χ3n) is 19.5. The highest BCUT2D eigenvalue weighted by molar-refractivity contribution is 7.48. The molecule has 0 bridgehead atoms. The summed E-state index contributed by atoms with van der Waals surface area (Å²) in [5.74, 6) is -6.57. The van der Waals surface area contributed by atoms with Gasteiger partial charge >= 0.3 is 15.6 Å². The number of halogens is 6. The number of anilines is 3. The van der Waals surface area contributed by atoms with Crippen molar-refractivity contribution in [3.8, 4) is 65.9 Å². The van der Waals surface area contributed by atoms with Crippen LogP contribution in [-0.2, 0) is 54.9 Å². The summed E-state index contributed by atoms with van der Waals surface area (Å²) >= 11 is 3.64. The first-order chi connectivity index (χ1) is 59.6. The topological polar surface area (TPSA) is 422 Å². The number of pyridine rings is 3. The van der Waals surface area contributed by atoms with E-state index in [0.717, 1.165) is 130 Å². The molecule has 35 nitrogen and oxygen atoms in total. The number of phosphoric ester groups is 2. The highest BCUT2D eigenvalue weighted by Crippen LogP contribution is 2.56. The summed E-state index contributed by atoms with van der Waals surface area (Å²) in [6, 6.07) is 5.69. The normalized spacial score (nSPS) is 17.6. The smallest absolute Gasteiger partial charge is 0.379 e. The number of nitrogens with one attached hydrogen (secondary N) is 4. The van der Waals surface area contributed by atoms with Gasteiger partial charge in [0.2, 0.25) is 17.8 Å². The lowest BCUT2D eigenvalue weighted by atomic mass is 9.93. The third kappa shape index (κ3) is 24.7. The average molecular weight is 1830 g/mol. The van der Waals surface area contributed by atoms with E-state index in [9.17, 15) is 49.9 Å². The van der Waals surface area contributed by atoms with Gasteiger partial charge in [0.25, 0.3) is 17.7 Å². The van der Waals surface area contributed by atoms with Gasteiger partial charge in [-0.1, -0.05) is 0 Å². The monoisotopic (exact) mass is 1830 g/mol. The van der Waals surface area contributed by atoms with Crippen LogP contribution in [0.1, 0.15) is 189 Å². The second-order valence-electron chi connectivity index (χ2n) is 31.0. The molecule has 0 spiro atoms. The Morgan fingerprint density at radius 3 is 1.09 bits per heavy atom. The van der Waals surface area contributed by atoms with Crippen molar-refractivity contribution in [3.05, 3.63) is 161 Å². The number of carbonyl (C=O) groups is 3. The van der Waals surface area contributed by atoms with Gasteiger partial charge in [-0.15, -0.1) is 34.0 Å². The van der Waals surface area contributed by atoms with Gasteiger partial charge < -0.3 is 39.9 Å². The van der Waals surface area contributed by atoms with Crippen LogP contribution in [0.15, 0.2) is 108 Å². The predicted octanol–water partition coefficient (Wildman–Crippen LogP) is 17.3. The molecule has 3 fully saturated rings. The van der Waals surface area contributed by atoms with Crippen molar-refractivity contribution in [2.75, 3.05) is 35.8 Å². The molecule has 0 saturated heterocycles. The number of ether oxygens (including phenoxy) is 3. The minimum atomic E-state index is -4.67. The number of hydrogen-bond donors (Lipinski definition) is 6. The van der Waals surface area contributed by atoms with Gasteiger partial charge in [-0.05, 0) is 176 Å². The number of nitrogens with zero attached hydrogens (tertiary/aromatic N) is 17. The van der Waals surface area contributed by atoms with Crippen molar-refractivity contribution in [2.45, 2.75) is 200 Å². The third-order valence-corrected chi connectivity index (χ3v) is 24.6. The maximum atomic E-state index is 14.9. The van der Waals surface area contributed by atoms with Crippen LogP contribution in [0.5, 0.6) is 0 Å². The second-order valence-corrected chi connectivity index (χ2v) is 36.4. The van der Waals surface area contributed by atoms with Crippen LogP contribution in [0.4, 0.5) is 43.4 Å². The van der Waals surface area contributed by atoms with Gasteiger partial charge in [0.1, 0.15) is 66.3 Å². The standard InChI is InChI=1S/C32H42F2N7O6PS.C24H26F2N7O6PS.C23H23F2N7O2S/c1-8-44-22-11-9-21(10-12-22)41-17-24(28(39-41)27-23(33)13-14-26(34)38-27)36-29(42)25-18-49-30(37-25)20-15-35-40(16-20)19-45-48(43,46-31(2,3)4)47-32(5,6)7;1-2-38-16-5-3-15(4-6-16)33-11-18(22(31-33)21-17(25)7-8-20(26)30-21)28-23(34)19-12-41-24(29-19)14-9-27-32(10-14)13-39-40(35,36)37;1-2-34-15-5-3-14(4-6-15)32-11-17(21(31-32)20-16(24)7-8-19(25)30-20)28-22(33)18-12-35-23(29-18)13-9-26-27-10-13/h13-18,21-22H,8-12,19H2,1-7H3,(H,36,42);7-12,15-16H,2-6,13H2,1H3,(H,28,34)(H2,35,36,37);7-12,14-15H,2-6H2,1H3,(H,26,27)(H,28,33). The molecule has 12 heterocycles. The lowest BCUT2D eigenvalue weighted by Gasteiger charge is -2.30. The van der Waals surface area contributed by atoms with Crippen molar-refractivity contribution in [1.29, 1.82) is 0 Å². The van der Waals surface area contributed by atoms with E-state index in [-0.39, 0.29) is 111 Å². The molecule has 666 valence electrons. The fourth-order valence-electron chi connectivity index (χ4n) is 14.0. The zero-order chi connectivity index (χ0) is 89.1. The van der Waals surface area contributed by atoms with Crippen molar-refractivity contribution < 1.29 is 91.9 Å². The summed E-state index contributed by atoms with van der Waals surface area (Å²) in [4.78, 5) is 81.6. The minimum Gasteiger partial charge on any atom is -0.379 e. The first-order valence-corrected chi connectivity index (χ1v) is 45.6. The number of thiazole rings is 3.